The Labute approximate surface area is 160 Å². The lowest BCUT2D eigenvalue weighted by molar-refractivity contribution is -0.121. The molecule has 0 fully saturated rings. The first-order valence-corrected chi connectivity index (χ1v) is 9.51. The Kier molecular flexibility index (Phi) is 5.80. The van der Waals surface area contributed by atoms with E-state index in [1.807, 2.05) is 31.4 Å². The van der Waals surface area contributed by atoms with Gasteiger partial charge in [0.15, 0.2) is 0 Å². The number of aromatic nitrogens is 4. The summed E-state index contributed by atoms with van der Waals surface area (Å²) in [5.74, 6) is -0.0838. The predicted octanol–water partition coefficient (Wildman–Crippen LogP) is 2.05. The minimum atomic E-state index is -0.249. The SMILES string of the molecule is Cc1nonc1CC(=O)N[C@H](Cn1nc(-c2cccs2)ccc1=O)C(C)C. The summed E-state index contributed by atoms with van der Waals surface area (Å²) in [7, 11) is 0. The average Bonchev–Trinajstić information content (AvgIpc) is 3.28. The van der Waals surface area contributed by atoms with Crippen molar-refractivity contribution in [3.05, 3.63) is 51.4 Å². The molecule has 1 amide bonds. The van der Waals surface area contributed by atoms with E-state index < -0.39 is 0 Å². The second kappa shape index (κ2) is 8.26. The van der Waals surface area contributed by atoms with Crippen LogP contribution in [0.3, 0.4) is 0 Å². The molecule has 142 valence electrons. The Morgan fingerprint density at radius 1 is 1.30 bits per heavy atom. The van der Waals surface area contributed by atoms with Gasteiger partial charge >= 0.3 is 0 Å². The number of amides is 1. The molecule has 0 aliphatic carbocycles. The highest BCUT2D eigenvalue weighted by atomic mass is 32.1. The van der Waals surface area contributed by atoms with E-state index in [1.54, 1.807) is 24.3 Å². The first kappa shape index (κ1) is 19.0. The van der Waals surface area contributed by atoms with Crippen LogP contribution in [0, 0.1) is 12.8 Å². The molecule has 0 unspecified atom stereocenters. The lowest BCUT2D eigenvalue weighted by Crippen LogP contribution is -2.44. The van der Waals surface area contributed by atoms with Gasteiger partial charge < -0.3 is 5.32 Å². The highest BCUT2D eigenvalue weighted by Crippen LogP contribution is 2.21. The summed E-state index contributed by atoms with van der Waals surface area (Å²) in [6.07, 6.45) is 0.0795. The Morgan fingerprint density at radius 2 is 2.11 bits per heavy atom. The molecule has 1 atom stereocenters. The molecule has 0 saturated heterocycles. The molecule has 3 aromatic rings. The molecule has 27 heavy (non-hydrogen) atoms. The van der Waals surface area contributed by atoms with Gasteiger partial charge in [-0.05, 0) is 30.4 Å². The summed E-state index contributed by atoms with van der Waals surface area (Å²) >= 11 is 1.56. The van der Waals surface area contributed by atoms with Gasteiger partial charge in [0.05, 0.1) is 23.9 Å². The van der Waals surface area contributed by atoms with E-state index in [-0.39, 0.29) is 36.4 Å². The first-order chi connectivity index (χ1) is 12.9. The van der Waals surface area contributed by atoms with Crippen molar-refractivity contribution in [2.75, 3.05) is 0 Å². The van der Waals surface area contributed by atoms with Crippen molar-refractivity contribution in [3.8, 4) is 10.6 Å². The van der Waals surface area contributed by atoms with E-state index in [4.69, 9.17) is 0 Å². The number of aryl methyl sites for hydroxylation is 1. The van der Waals surface area contributed by atoms with E-state index in [2.05, 4.69) is 25.4 Å². The molecule has 1 N–H and O–H groups in total. The fourth-order valence-electron chi connectivity index (χ4n) is 2.56. The van der Waals surface area contributed by atoms with Crippen LogP contribution < -0.4 is 10.9 Å². The number of nitrogens with zero attached hydrogens (tertiary/aromatic N) is 4. The number of hydrogen-bond acceptors (Lipinski definition) is 7. The van der Waals surface area contributed by atoms with E-state index in [0.29, 0.717) is 11.4 Å². The van der Waals surface area contributed by atoms with E-state index >= 15 is 0 Å². The molecule has 0 spiro atoms. The Hall–Kier alpha value is -2.81. The summed E-state index contributed by atoms with van der Waals surface area (Å²) in [5, 5.41) is 16.8. The zero-order chi connectivity index (χ0) is 19.4. The van der Waals surface area contributed by atoms with Crippen LogP contribution in [0.1, 0.15) is 25.2 Å². The highest BCUT2D eigenvalue weighted by molar-refractivity contribution is 7.13. The Morgan fingerprint density at radius 3 is 2.74 bits per heavy atom. The Balaban J connectivity index is 1.74. The van der Waals surface area contributed by atoms with Crippen LogP contribution >= 0.6 is 11.3 Å². The van der Waals surface area contributed by atoms with E-state index in [9.17, 15) is 9.59 Å². The molecular formula is C18H21N5O3S. The number of rotatable bonds is 7. The lowest BCUT2D eigenvalue weighted by Gasteiger charge is -2.22. The van der Waals surface area contributed by atoms with Crippen molar-refractivity contribution >= 4 is 17.2 Å². The molecule has 0 radical (unpaired) electrons. The molecule has 0 saturated carbocycles. The van der Waals surface area contributed by atoms with Gasteiger partial charge in [-0.3, -0.25) is 9.59 Å². The fourth-order valence-corrected chi connectivity index (χ4v) is 3.26. The molecule has 0 aromatic carbocycles. The Bertz CT molecular complexity index is 962. The second-order valence-electron chi connectivity index (χ2n) is 6.61. The maximum Gasteiger partial charge on any atom is 0.266 e. The molecule has 0 bridgehead atoms. The third-order valence-electron chi connectivity index (χ3n) is 4.24. The molecule has 3 heterocycles. The van der Waals surface area contributed by atoms with Crippen LogP contribution in [0.15, 0.2) is 39.1 Å². The summed E-state index contributed by atoms with van der Waals surface area (Å²) in [6.45, 7) is 6.00. The van der Waals surface area contributed by atoms with Crippen molar-refractivity contribution in [2.45, 2.75) is 39.8 Å². The number of thiophene rings is 1. The average molecular weight is 387 g/mol. The summed E-state index contributed by atoms with van der Waals surface area (Å²) in [6, 6.07) is 6.87. The third-order valence-corrected chi connectivity index (χ3v) is 5.13. The van der Waals surface area contributed by atoms with Gasteiger partial charge in [0, 0.05) is 6.07 Å². The smallest absolute Gasteiger partial charge is 0.266 e. The van der Waals surface area contributed by atoms with E-state index in [0.717, 1.165) is 10.6 Å². The summed E-state index contributed by atoms with van der Waals surface area (Å²) in [5.41, 5.74) is 1.63. The monoisotopic (exact) mass is 387 g/mol. The van der Waals surface area contributed by atoms with Gasteiger partial charge in [0.1, 0.15) is 17.1 Å². The van der Waals surface area contributed by atoms with Gasteiger partial charge in [-0.15, -0.1) is 11.3 Å². The maximum atomic E-state index is 12.4. The van der Waals surface area contributed by atoms with Crippen LogP contribution in [0.5, 0.6) is 0 Å². The topological polar surface area (TPSA) is 103 Å². The molecule has 3 rings (SSSR count). The molecule has 3 aromatic heterocycles. The van der Waals surface area contributed by atoms with Crippen molar-refractivity contribution in [1.29, 1.82) is 0 Å². The van der Waals surface area contributed by atoms with Crippen LogP contribution in [-0.4, -0.2) is 32.0 Å². The molecule has 9 heteroatoms. The second-order valence-corrected chi connectivity index (χ2v) is 7.56. The third kappa shape index (κ3) is 4.68. The maximum absolute atomic E-state index is 12.4. The predicted molar refractivity (Wildman–Crippen MR) is 101 cm³/mol. The van der Waals surface area contributed by atoms with Gasteiger partial charge in [0.25, 0.3) is 5.56 Å². The number of carbonyl (C=O) groups excluding carboxylic acids is 1. The minimum absolute atomic E-state index is 0.0795. The van der Waals surface area contributed by atoms with Crippen molar-refractivity contribution < 1.29 is 9.42 Å². The van der Waals surface area contributed by atoms with Crippen LogP contribution in [0.4, 0.5) is 0 Å². The fraction of sp³-hybridized carbons (Fsp3) is 0.389. The van der Waals surface area contributed by atoms with Gasteiger partial charge in [-0.25, -0.2) is 9.31 Å². The molecule has 0 aliphatic rings. The summed E-state index contributed by atoms with van der Waals surface area (Å²) < 4.78 is 6.03. The van der Waals surface area contributed by atoms with Crippen molar-refractivity contribution in [3.63, 3.8) is 0 Å². The quantitative estimate of drug-likeness (QED) is 0.665. The molecule has 8 nitrogen and oxygen atoms in total. The van der Waals surface area contributed by atoms with Gasteiger partial charge in [-0.2, -0.15) is 5.10 Å². The molecular weight excluding hydrogens is 366 g/mol. The zero-order valence-electron chi connectivity index (χ0n) is 15.4. The van der Waals surface area contributed by atoms with Crippen molar-refractivity contribution in [2.24, 2.45) is 5.92 Å². The number of nitrogens with one attached hydrogen (secondary N) is 1. The lowest BCUT2D eigenvalue weighted by atomic mass is 10.0. The van der Waals surface area contributed by atoms with E-state index in [1.165, 1.54) is 10.7 Å². The molecule has 0 aliphatic heterocycles. The van der Waals surface area contributed by atoms with Crippen LogP contribution in [-0.2, 0) is 17.8 Å². The number of hydrogen-bond donors (Lipinski definition) is 1. The highest BCUT2D eigenvalue weighted by Gasteiger charge is 2.20. The largest absolute Gasteiger partial charge is 0.351 e. The normalized spacial score (nSPS) is 12.3. The zero-order valence-corrected chi connectivity index (χ0v) is 16.2. The van der Waals surface area contributed by atoms with Gasteiger partial charge in [0.2, 0.25) is 5.91 Å². The number of carbonyl (C=O) groups is 1. The van der Waals surface area contributed by atoms with Crippen molar-refractivity contribution in [1.82, 2.24) is 25.4 Å². The van der Waals surface area contributed by atoms with Crippen LogP contribution in [0.2, 0.25) is 0 Å². The standard InChI is InChI=1S/C18H21N5O3S/c1-11(2)15(19-17(24)9-14-12(3)21-26-22-14)10-23-18(25)7-6-13(20-23)16-5-4-8-27-16/h4-8,11,15H,9-10H2,1-3H3,(H,19,24)/t15-/m1/s1. The van der Waals surface area contributed by atoms with Crippen LogP contribution in [0.25, 0.3) is 10.6 Å². The summed E-state index contributed by atoms with van der Waals surface area (Å²) in [4.78, 5) is 25.6. The first-order valence-electron chi connectivity index (χ1n) is 8.63. The minimum Gasteiger partial charge on any atom is -0.351 e. The van der Waals surface area contributed by atoms with Gasteiger partial charge in [-0.1, -0.05) is 30.2 Å².